The number of ether oxygens (including phenoxy) is 2. The molecule has 0 saturated carbocycles. The van der Waals surface area contributed by atoms with E-state index in [0.29, 0.717) is 38.8 Å². The van der Waals surface area contributed by atoms with Gasteiger partial charge in [-0.2, -0.15) is 0 Å². The SMILES string of the molecule is C=CC.C=CC=O.COCCc1cc(C)cc(CCOC=O)c1-c1ccc(CCO)cc1. The Bertz CT molecular complexity index is 804. The number of aliphatic hydroxyl groups excluding tert-OH is 1. The number of aldehydes is 1. The Morgan fingerprint density at radius 2 is 1.50 bits per heavy atom. The smallest absolute Gasteiger partial charge is 0.293 e. The van der Waals surface area contributed by atoms with Crippen LogP contribution in [0.4, 0.5) is 0 Å². The zero-order chi connectivity index (χ0) is 24.2. The molecule has 0 aliphatic heterocycles. The monoisotopic (exact) mass is 440 g/mol. The van der Waals surface area contributed by atoms with Crippen LogP contribution in [0.25, 0.3) is 11.1 Å². The highest BCUT2D eigenvalue weighted by Gasteiger charge is 2.12. The van der Waals surface area contributed by atoms with Crippen LogP contribution >= 0.6 is 0 Å². The molecule has 32 heavy (non-hydrogen) atoms. The van der Waals surface area contributed by atoms with Crippen molar-refractivity contribution in [2.75, 3.05) is 26.9 Å². The number of carbonyl (C=O) groups is 2. The molecule has 0 spiro atoms. The van der Waals surface area contributed by atoms with Gasteiger partial charge < -0.3 is 14.6 Å². The van der Waals surface area contributed by atoms with E-state index in [-0.39, 0.29) is 6.61 Å². The summed E-state index contributed by atoms with van der Waals surface area (Å²) in [7, 11) is 1.71. The zero-order valence-electron chi connectivity index (χ0n) is 19.5. The molecule has 0 radical (unpaired) electrons. The third-order valence-corrected chi connectivity index (χ3v) is 4.32. The summed E-state index contributed by atoms with van der Waals surface area (Å²) in [4.78, 5) is 19.5. The molecule has 2 rings (SSSR count). The minimum Gasteiger partial charge on any atom is -0.468 e. The van der Waals surface area contributed by atoms with Crippen LogP contribution in [0.15, 0.2) is 61.7 Å². The highest BCUT2D eigenvalue weighted by Crippen LogP contribution is 2.30. The maximum absolute atomic E-state index is 10.5. The van der Waals surface area contributed by atoms with E-state index in [1.807, 2.05) is 6.92 Å². The first-order valence-electron chi connectivity index (χ1n) is 10.5. The fourth-order valence-corrected chi connectivity index (χ4v) is 3.10. The molecule has 0 aromatic heterocycles. The Kier molecular flexibility index (Phi) is 17.0. The predicted octanol–water partition coefficient (Wildman–Crippen LogP) is 4.66. The highest BCUT2D eigenvalue weighted by molar-refractivity contribution is 5.72. The summed E-state index contributed by atoms with van der Waals surface area (Å²) < 4.78 is 10.2. The van der Waals surface area contributed by atoms with Crippen LogP contribution in [0.1, 0.15) is 29.2 Å². The van der Waals surface area contributed by atoms with Crippen LogP contribution in [0.3, 0.4) is 0 Å². The van der Waals surface area contributed by atoms with Crippen molar-refractivity contribution in [1.29, 1.82) is 0 Å². The highest BCUT2D eigenvalue weighted by atomic mass is 16.5. The maximum atomic E-state index is 10.5. The molecule has 174 valence electrons. The standard InChI is InChI=1S/C21H26O4.C3H4O.C3H6/c1-16-13-19(8-11-24-2)21(20(14-16)9-12-25-15-23)18-5-3-17(4-6-18)7-10-22;1-2-3-4;1-3-2/h3-6,13-15,22H,7-12H2,1-2H3;2-3H,1H2;3H,1H2,2H3. The second kappa shape index (κ2) is 18.7. The number of rotatable bonds is 11. The summed E-state index contributed by atoms with van der Waals surface area (Å²) in [5.41, 5.74) is 7.03. The van der Waals surface area contributed by atoms with Gasteiger partial charge in [0.25, 0.3) is 6.47 Å². The lowest BCUT2D eigenvalue weighted by Crippen LogP contribution is -2.05. The van der Waals surface area contributed by atoms with Crippen LogP contribution in [0.5, 0.6) is 0 Å². The van der Waals surface area contributed by atoms with Gasteiger partial charge in [-0.15, -0.1) is 6.58 Å². The summed E-state index contributed by atoms with van der Waals surface area (Å²) in [5, 5.41) is 9.09. The lowest BCUT2D eigenvalue weighted by atomic mass is 9.89. The fraction of sp³-hybridized carbons (Fsp3) is 0.333. The van der Waals surface area contributed by atoms with Crippen molar-refractivity contribution in [3.63, 3.8) is 0 Å². The first kappa shape index (κ1) is 29.0. The number of hydrogen-bond acceptors (Lipinski definition) is 5. The molecule has 2 aromatic rings. The van der Waals surface area contributed by atoms with Gasteiger partial charge in [0, 0.05) is 20.1 Å². The minimum absolute atomic E-state index is 0.150. The van der Waals surface area contributed by atoms with E-state index >= 15 is 0 Å². The third kappa shape index (κ3) is 11.4. The Balaban J connectivity index is 0.00000121. The number of hydrogen-bond donors (Lipinski definition) is 1. The number of aliphatic hydroxyl groups is 1. The van der Waals surface area contributed by atoms with Crippen molar-refractivity contribution in [3.05, 3.63) is 84.0 Å². The number of methoxy groups -OCH3 is 1. The third-order valence-electron chi connectivity index (χ3n) is 4.32. The van der Waals surface area contributed by atoms with Crippen molar-refractivity contribution >= 4 is 12.8 Å². The van der Waals surface area contributed by atoms with Gasteiger partial charge in [-0.1, -0.05) is 54.6 Å². The molecule has 5 heteroatoms. The van der Waals surface area contributed by atoms with Crippen molar-refractivity contribution in [3.8, 4) is 11.1 Å². The van der Waals surface area contributed by atoms with Gasteiger partial charge in [-0.3, -0.25) is 9.59 Å². The Morgan fingerprint density at radius 3 is 1.94 bits per heavy atom. The largest absolute Gasteiger partial charge is 0.468 e. The molecule has 0 saturated heterocycles. The average Bonchev–Trinajstić information content (AvgIpc) is 2.79. The van der Waals surface area contributed by atoms with E-state index in [2.05, 4.69) is 56.5 Å². The predicted molar refractivity (Wildman–Crippen MR) is 131 cm³/mol. The Labute approximate surface area is 192 Å². The summed E-state index contributed by atoms with van der Waals surface area (Å²) >= 11 is 0. The molecule has 0 heterocycles. The molecule has 1 N–H and O–H groups in total. The minimum atomic E-state index is 0.150. The quantitative estimate of drug-likeness (QED) is 0.238. The second-order valence-corrected chi connectivity index (χ2v) is 6.87. The number of allylic oxidation sites excluding steroid dienone is 2. The number of carbonyl (C=O) groups excluding carboxylic acids is 2. The topological polar surface area (TPSA) is 72.8 Å². The zero-order valence-corrected chi connectivity index (χ0v) is 19.5. The van der Waals surface area contributed by atoms with Crippen LogP contribution in [0, 0.1) is 6.92 Å². The number of aryl methyl sites for hydroxylation is 1. The molecular weight excluding hydrogens is 404 g/mol. The summed E-state index contributed by atoms with van der Waals surface area (Å²) in [6, 6.07) is 12.6. The van der Waals surface area contributed by atoms with E-state index in [4.69, 9.17) is 19.4 Å². The van der Waals surface area contributed by atoms with E-state index in [1.54, 1.807) is 13.2 Å². The van der Waals surface area contributed by atoms with Crippen molar-refractivity contribution in [2.45, 2.75) is 33.1 Å². The van der Waals surface area contributed by atoms with Crippen LogP contribution in [-0.2, 0) is 38.3 Å². The van der Waals surface area contributed by atoms with E-state index in [0.717, 1.165) is 17.5 Å². The van der Waals surface area contributed by atoms with Crippen molar-refractivity contribution < 1.29 is 24.2 Å². The van der Waals surface area contributed by atoms with Gasteiger partial charge in [-0.25, -0.2) is 0 Å². The Hall–Kier alpha value is -3.02. The molecule has 0 aliphatic carbocycles. The van der Waals surface area contributed by atoms with Crippen LogP contribution in [0.2, 0.25) is 0 Å². The van der Waals surface area contributed by atoms with E-state index in [9.17, 15) is 4.79 Å². The molecule has 0 bridgehead atoms. The molecule has 0 unspecified atom stereocenters. The van der Waals surface area contributed by atoms with Gasteiger partial charge in [0.15, 0.2) is 0 Å². The average molecular weight is 441 g/mol. The first-order chi connectivity index (χ1) is 15.5. The molecule has 2 aromatic carbocycles. The van der Waals surface area contributed by atoms with Gasteiger partial charge >= 0.3 is 0 Å². The summed E-state index contributed by atoms with van der Waals surface area (Å²) in [5.74, 6) is 0. The fourth-order valence-electron chi connectivity index (χ4n) is 3.10. The summed E-state index contributed by atoms with van der Waals surface area (Å²) in [6.45, 7) is 12.1. The maximum Gasteiger partial charge on any atom is 0.293 e. The molecule has 0 amide bonds. The molecule has 0 fully saturated rings. The number of benzene rings is 2. The van der Waals surface area contributed by atoms with Crippen LogP contribution in [-0.4, -0.2) is 44.8 Å². The van der Waals surface area contributed by atoms with E-state index in [1.165, 1.54) is 28.3 Å². The lowest BCUT2D eigenvalue weighted by molar-refractivity contribution is -0.128. The van der Waals surface area contributed by atoms with Crippen molar-refractivity contribution in [2.24, 2.45) is 0 Å². The van der Waals surface area contributed by atoms with Crippen LogP contribution < -0.4 is 0 Å². The Morgan fingerprint density at radius 1 is 0.969 bits per heavy atom. The lowest BCUT2D eigenvalue weighted by Gasteiger charge is -2.17. The van der Waals surface area contributed by atoms with Gasteiger partial charge in [0.1, 0.15) is 6.29 Å². The van der Waals surface area contributed by atoms with E-state index < -0.39 is 0 Å². The first-order valence-corrected chi connectivity index (χ1v) is 10.5. The van der Waals surface area contributed by atoms with Gasteiger partial charge in [0.05, 0.1) is 13.2 Å². The molecule has 5 nitrogen and oxygen atoms in total. The molecule has 0 atom stereocenters. The normalized spacial score (nSPS) is 9.38. The molecular formula is C27H36O5. The van der Waals surface area contributed by atoms with Crippen molar-refractivity contribution in [1.82, 2.24) is 0 Å². The molecule has 0 aliphatic rings. The van der Waals surface area contributed by atoms with Gasteiger partial charge in [0.2, 0.25) is 0 Å². The summed E-state index contributed by atoms with van der Waals surface area (Å²) in [6.07, 6.45) is 5.74. The van der Waals surface area contributed by atoms with Gasteiger partial charge in [-0.05, 0) is 60.6 Å². The second-order valence-electron chi connectivity index (χ2n) is 6.87.